The largest absolute Gasteiger partial charge is 0.320 e. The lowest BCUT2D eigenvalue weighted by Gasteiger charge is -2.14. The van der Waals surface area contributed by atoms with Crippen LogP contribution in [-0.2, 0) is 20.0 Å². The molecule has 0 bridgehead atoms. The number of carbonyl (C=O) groups is 1. The first-order chi connectivity index (χ1) is 10.1. The van der Waals surface area contributed by atoms with Crippen molar-refractivity contribution in [1.82, 2.24) is 15.1 Å². The number of nitrogens with zero attached hydrogens (tertiary/aromatic N) is 2. The van der Waals surface area contributed by atoms with Crippen molar-refractivity contribution >= 4 is 23.2 Å². The topological polar surface area (TPSA) is 59.0 Å². The molecule has 0 saturated carbocycles. The fourth-order valence-corrected chi connectivity index (χ4v) is 2.88. The Morgan fingerprint density at radius 3 is 3.05 bits per heavy atom. The van der Waals surface area contributed by atoms with Crippen molar-refractivity contribution in [2.45, 2.75) is 19.9 Å². The molecule has 3 rings (SSSR count). The molecule has 21 heavy (non-hydrogen) atoms. The number of fused-ring (bicyclic) bond motifs is 1. The number of amides is 1. The van der Waals surface area contributed by atoms with Gasteiger partial charge in [-0.15, -0.1) is 0 Å². The lowest BCUT2D eigenvalue weighted by molar-refractivity contribution is 0.102. The third kappa shape index (κ3) is 2.66. The average Bonchev–Trinajstić information content (AvgIpc) is 2.80. The van der Waals surface area contributed by atoms with Gasteiger partial charge in [-0.2, -0.15) is 5.10 Å². The van der Waals surface area contributed by atoms with E-state index in [9.17, 15) is 4.79 Å². The molecule has 2 aromatic rings. The molecule has 1 amide bonds. The highest BCUT2D eigenvalue weighted by Gasteiger charge is 2.23. The van der Waals surface area contributed by atoms with Crippen molar-refractivity contribution < 1.29 is 4.79 Å². The van der Waals surface area contributed by atoms with Crippen molar-refractivity contribution in [2.24, 2.45) is 7.05 Å². The predicted octanol–water partition coefficient (Wildman–Crippen LogP) is 2.28. The minimum atomic E-state index is -0.180. The van der Waals surface area contributed by atoms with E-state index >= 15 is 0 Å². The molecule has 0 radical (unpaired) electrons. The molecule has 1 aromatic carbocycles. The molecule has 110 valence electrons. The van der Waals surface area contributed by atoms with Gasteiger partial charge in [-0.1, -0.05) is 11.6 Å². The second-order valence-corrected chi connectivity index (χ2v) is 5.67. The summed E-state index contributed by atoms with van der Waals surface area (Å²) < 4.78 is 1.81. The van der Waals surface area contributed by atoms with Gasteiger partial charge in [-0.25, -0.2) is 0 Å². The Labute approximate surface area is 128 Å². The maximum absolute atomic E-state index is 12.5. The number of hydrogen-bond donors (Lipinski definition) is 2. The van der Waals surface area contributed by atoms with Crippen LogP contribution in [0.1, 0.15) is 27.3 Å². The van der Waals surface area contributed by atoms with Crippen LogP contribution < -0.4 is 10.6 Å². The van der Waals surface area contributed by atoms with Crippen LogP contribution in [0.25, 0.3) is 0 Å². The summed E-state index contributed by atoms with van der Waals surface area (Å²) in [7, 11) is 1.88. The normalized spacial score (nSPS) is 13.9. The quantitative estimate of drug-likeness (QED) is 0.895. The van der Waals surface area contributed by atoms with E-state index in [0.29, 0.717) is 17.3 Å². The Hall–Kier alpha value is -1.85. The van der Waals surface area contributed by atoms with E-state index in [0.717, 1.165) is 35.5 Å². The minimum Gasteiger partial charge on any atom is -0.320 e. The van der Waals surface area contributed by atoms with Crippen LogP contribution in [0.15, 0.2) is 18.2 Å². The number of halogens is 1. The lowest BCUT2D eigenvalue weighted by atomic mass is 10.1. The second kappa shape index (κ2) is 5.50. The Kier molecular flexibility index (Phi) is 3.69. The predicted molar refractivity (Wildman–Crippen MR) is 82.8 cm³/mol. The molecule has 0 aliphatic carbocycles. The van der Waals surface area contributed by atoms with Gasteiger partial charge in [0.05, 0.1) is 0 Å². The molecule has 1 aromatic heterocycles. The van der Waals surface area contributed by atoms with Gasteiger partial charge in [-0.05, 0) is 30.7 Å². The molecule has 2 heterocycles. The fourth-order valence-electron chi connectivity index (χ4n) is 2.65. The fraction of sp³-hybridized carbons (Fsp3) is 0.333. The number of rotatable bonds is 2. The second-order valence-electron chi connectivity index (χ2n) is 5.24. The molecule has 6 heteroatoms. The number of aryl methyl sites for hydroxylation is 2. The van der Waals surface area contributed by atoms with Gasteiger partial charge in [-0.3, -0.25) is 9.48 Å². The lowest BCUT2D eigenvalue weighted by Crippen LogP contribution is -2.26. The van der Waals surface area contributed by atoms with Crippen LogP contribution in [0, 0.1) is 6.92 Å². The van der Waals surface area contributed by atoms with Gasteiger partial charge in [0.15, 0.2) is 5.69 Å². The van der Waals surface area contributed by atoms with Crippen molar-refractivity contribution in [3.05, 3.63) is 45.7 Å². The molecule has 1 aliphatic heterocycles. The summed E-state index contributed by atoms with van der Waals surface area (Å²) >= 11 is 5.93. The molecule has 0 unspecified atom stereocenters. The summed E-state index contributed by atoms with van der Waals surface area (Å²) in [5.74, 6) is -0.180. The molecule has 0 saturated heterocycles. The highest BCUT2D eigenvalue weighted by atomic mass is 35.5. The molecule has 0 fully saturated rings. The Morgan fingerprint density at radius 2 is 2.29 bits per heavy atom. The van der Waals surface area contributed by atoms with Crippen molar-refractivity contribution in [1.29, 1.82) is 0 Å². The first kappa shape index (κ1) is 14.1. The Morgan fingerprint density at radius 1 is 1.48 bits per heavy atom. The maximum Gasteiger partial charge on any atom is 0.276 e. The van der Waals surface area contributed by atoms with E-state index in [2.05, 4.69) is 15.7 Å². The van der Waals surface area contributed by atoms with Gasteiger partial charge in [0.2, 0.25) is 0 Å². The summed E-state index contributed by atoms with van der Waals surface area (Å²) in [5, 5.41) is 11.2. The third-order valence-corrected chi connectivity index (χ3v) is 4.00. The van der Waals surface area contributed by atoms with Crippen molar-refractivity contribution in [2.75, 3.05) is 11.9 Å². The molecule has 0 atom stereocenters. The number of hydrogen-bond acceptors (Lipinski definition) is 3. The molecule has 2 N–H and O–H groups in total. The van der Waals surface area contributed by atoms with E-state index in [-0.39, 0.29) is 5.91 Å². The van der Waals surface area contributed by atoms with E-state index in [1.54, 1.807) is 10.7 Å². The summed E-state index contributed by atoms with van der Waals surface area (Å²) in [4.78, 5) is 12.5. The molecule has 5 nitrogen and oxygen atoms in total. The van der Waals surface area contributed by atoms with Gasteiger partial charge in [0.25, 0.3) is 5.91 Å². The average molecular weight is 305 g/mol. The summed E-state index contributed by atoms with van der Waals surface area (Å²) in [6.45, 7) is 3.52. The number of aromatic nitrogens is 2. The smallest absolute Gasteiger partial charge is 0.276 e. The minimum absolute atomic E-state index is 0.180. The molecule has 0 spiro atoms. The van der Waals surface area contributed by atoms with Gasteiger partial charge >= 0.3 is 0 Å². The SMILES string of the molecule is Cc1cc(Cl)ccc1NC(=O)c1nn(C)c2c1CNCC2. The zero-order valence-electron chi connectivity index (χ0n) is 12.0. The maximum atomic E-state index is 12.5. The Balaban J connectivity index is 1.89. The highest BCUT2D eigenvalue weighted by molar-refractivity contribution is 6.30. The number of anilines is 1. The standard InChI is InChI=1S/C15H17ClN4O/c1-9-7-10(16)3-4-12(9)18-15(21)14-11-8-17-6-5-13(11)20(2)19-14/h3-4,7,17H,5-6,8H2,1-2H3,(H,18,21). The van der Waals surface area contributed by atoms with E-state index < -0.39 is 0 Å². The third-order valence-electron chi connectivity index (χ3n) is 3.77. The highest BCUT2D eigenvalue weighted by Crippen LogP contribution is 2.22. The number of benzene rings is 1. The first-order valence-corrected chi connectivity index (χ1v) is 7.27. The molecular weight excluding hydrogens is 288 g/mol. The Bertz CT molecular complexity index is 708. The van der Waals surface area contributed by atoms with Gasteiger partial charge < -0.3 is 10.6 Å². The molecule has 1 aliphatic rings. The zero-order valence-corrected chi connectivity index (χ0v) is 12.8. The first-order valence-electron chi connectivity index (χ1n) is 6.89. The monoisotopic (exact) mass is 304 g/mol. The van der Waals surface area contributed by atoms with E-state index in [1.165, 1.54) is 0 Å². The summed E-state index contributed by atoms with van der Waals surface area (Å²) in [6, 6.07) is 5.40. The number of nitrogens with one attached hydrogen (secondary N) is 2. The van der Waals surface area contributed by atoms with Crippen LogP contribution in [0.5, 0.6) is 0 Å². The summed E-state index contributed by atoms with van der Waals surface area (Å²) in [6.07, 6.45) is 0.895. The zero-order chi connectivity index (χ0) is 15.0. The molecular formula is C15H17ClN4O. The summed E-state index contributed by atoms with van der Waals surface area (Å²) in [5.41, 5.74) is 4.31. The van der Waals surface area contributed by atoms with Crippen LogP contribution in [0.3, 0.4) is 0 Å². The van der Waals surface area contributed by atoms with Crippen molar-refractivity contribution in [3.63, 3.8) is 0 Å². The van der Waals surface area contributed by atoms with Crippen molar-refractivity contribution in [3.8, 4) is 0 Å². The number of carbonyl (C=O) groups excluding carboxylic acids is 1. The van der Waals surface area contributed by atoms with Crippen LogP contribution in [0.2, 0.25) is 5.02 Å². The van der Waals surface area contributed by atoms with E-state index in [4.69, 9.17) is 11.6 Å². The van der Waals surface area contributed by atoms with Crippen LogP contribution >= 0.6 is 11.6 Å². The van der Waals surface area contributed by atoms with Gasteiger partial charge in [0, 0.05) is 48.5 Å². The van der Waals surface area contributed by atoms with Crippen LogP contribution in [0.4, 0.5) is 5.69 Å². The van der Waals surface area contributed by atoms with Gasteiger partial charge in [0.1, 0.15) is 0 Å². The van der Waals surface area contributed by atoms with E-state index in [1.807, 2.05) is 26.1 Å². The van der Waals surface area contributed by atoms with Crippen LogP contribution in [-0.4, -0.2) is 22.2 Å².